The monoisotopic (exact) mass is 152 g/mol. The Hall–Kier alpha value is -0.0400. The third kappa shape index (κ3) is 0.703. The molecule has 0 aromatic heterocycles. The van der Waals surface area contributed by atoms with Gasteiger partial charge in [0.05, 0.1) is 6.10 Å². The maximum absolute atomic E-state index is 9.72. The van der Waals surface area contributed by atoms with Gasteiger partial charge in [-0.15, -0.1) is 0 Å². The molecule has 3 fully saturated rings. The third-order valence-corrected chi connectivity index (χ3v) is 4.40. The van der Waals surface area contributed by atoms with Gasteiger partial charge in [-0.05, 0) is 55.8 Å². The van der Waals surface area contributed by atoms with Crippen LogP contribution in [0.4, 0.5) is 0 Å². The highest BCUT2D eigenvalue weighted by Gasteiger charge is 2.52. The lowest BCUT2D eigenvalue weighted by molar-refractivity contribution is 0.123. The van der Waals surface area contributed by atoms with Gasteiger partial charge in [0.1, 0.15) is 0 Å². The van der Waals surface area contributed by atoms with Gasteiger partial charge in [0.2, 0.25) is 0 Å². The Balaban J connectivity index is 1.93. The van der Waals surface area contributed by atoms with E-state index in [1.165, 1.54) is 25.7 Å². The lowest BCUT2D eigenvalue weighted by Gasteiger charge is -2.14. The molecule has 0 saturated heterocycles. The van der Waals surface area contributed by atoms with E-state index in [1.807, 2.05) is 0 Å². The van der Waals surface area contributed by atoms with Crippen LogP contribution in [0.15, 0.2) is 0 Å². The van der Waals surface area contributed by atoms with Crippen molar-refractivity contribution in [1.82, 2.24) is 0 Å². The molecule has 0 aromatic rings. The summed E-state index contributed by atoms with van der Waals surface area (Å²) >= 11 is 0. The van der Waals surface area contributed by atoms with Gasteiger partial charge in [-0.1, -0.05) is 0 Å². The molecule has 0 bridgehead atoms. The Morgan fingerprint density at radius 2 is 1.64 bits per heavy atom. The Kier molecular flexibility index (Phi) is 1.18. The first-order valence-corrected chi connectivity index (χ1v) is 5.04. The molecule has 0 aromatic carbocycles. The molecule has 1 nitrogen and oxygen atoms in total. The molecule has 0 heterocycles. The number of hydrogen-bond acceptors (Lipinski definition) is 1. The highest BCUT2D eigenvalue weighted by molar-refractivity contribution is 5.02. The second-order valence-electron chi connectivity index (χ2n) is 4.72. The summed E-state index contributed by atoms with van der Waals surface area (Å²) in [5.41, 5.74) is 0. The Morgan fingerprint density at radius 3 is 2.55 bits per heavy atom. The summed E-state index contributed by atoms with van der Waals surface area (Å²) in [6.07, 6.45) is 6.85. The van der Waals surface area contributed by atoms with Gasteiger partial charge in [0.15, 0.2) is 0 Å². The molecule has 3 rings (SSSR count). The van der Waals surface area contributed by atoms with Gasteiger partial charge in [-0.3, -0.25) is 0 Å². The minimum absolute atomic E-state index is 0.0790. The van der Waals surface area contributed by atoms with Crippen molar-refractivity contribution < 1.29 is 5.11 Å². The molecule has 0 radical (unpaired) electrons. The zero-order valence-electron chi connectivity index (χ0n) is 6.87. The van der Waals surface area contributed by atoms with E-state index >= 15 is 0 Å². The highest BCUT2D eigenvalue weighted by atomic mass is 16.3. The lowest BCUT2D eigenvalue weighted by atomic mass is 9.92. The van der Waals surface area contributed by atoms with Crippen LogP contribution in [-0.4, -0.2) is 11.2 Å². The summed E-state index contributed by atoms with van der Waals surface area (Å²) in [6.45, 7) is 0. The molecular weight excluding hydrogens is 136 g/mol. The van der Waals surface area contributed by atoms with E-state index in [-0.39, 0.29) is 6.10 Å². The quantitative estimate of drug-likeness (QED) is 0.561. The van der Waals surface area contributed by atoms with Gasteiger partial charge in [0.25, 0.3) is 0 Å². The standard InChI is InChI=1S/C10H16O/c11-9-5-7-2-1-6-3-4-8(9)10(6)7/h6-11H,1-5H2/t6-,7+,8-,9-,10+/m0/s1. The van der Waals surface area contributed by atoms with Crippen molar-refractivity contribution in [3.63, 3.8) is 0 Å². The maximum Gasteiger partial charge on any atom is 0.0574 e. The fraction of sp³-hybridized carbons (Fsp3) is 1.00. The number of rotatable bonds is 0. The predicted molar refractivity (Wildman–Crippen MR) is 43.1 cm³/mol. The third-order valence-electron chi connectivity index (χ3n) is 4.40. The second kappa shape index (κ2) is 2.01. The number of aliphatic hydroxyl groups is 1. The molecule has 5 atom stereocenters. The molecule has 62 valence electrons. The van der Waals surface area contributed by atoms with Crippen molar-refractivity contribution in [1.29, 1.82) is 0 Å². The van der Waals surface area contributed by atoms with Crippen LogP contribution >= 0.6 is 0 Å². The van der Waals surface area contributed by atoms with Gasteiger partial charge < -0.3 is 5.11 Å². The number of aliphatic hydroxyl groups excluding tert-OH is 1. The minimum Gasteiger partial charge on any atom is -0.393 e. The van der Waals surface area contributed by atoms with E-state index in [2.05, 4.69) is 0 Å². The predicted octanol–water partition coefficient (Wildman–Crippen LogP) is 1.80. The van der Waals surface area contributed by atoms with Crippen LogP contribution in [0.3, 0.4) is 0 Å². The van der Waals surface area contributed by atoms with Crippen LogP contribution in [0, 0.1) is 23.7 Å². The summed E-state index contributed by atoms with van der Waals surface area (Å²) in [6, 6.07) is 0. The zero-order chi connectivity index (χ0) is 7.42. The lowest BCUT2D eigenvalue weighted by Crippen LogP contribution is -2.15. The second-order valence-corrected chi connectivity index (χ2v) is 4.72. The van der Waals surface area contributed by atoms with Crippen LogP contribution in [-0.2, 0) is 0 Å². The largest absolute Gasteiger partial charge is 0.393 e. The molecule has 0 unspecified atom stereocenters. The van der Waals surface area contributed by atoms with Crippen LogP contribution in [0.25, 0.3) is 0 Å². The fourth-order valence-corrected chi connectivity index (χ4v) is 4.04. The van der Waals surface area contributed by atoms with Gasteiger partial charge in [-0.25, -0.2) is 0 Å². The van der Waals surface area contributed by atoms with E-state index in [4.69, 9.17) is 0 Å². The first-order valence-electron chi connectivity index (χ1n) is 5.04. The summed E-state index contributed by atoms with van der Waals surface area (Å²) in [5.74, 6) is 3.60. The van der Waals surface area contributed by atoms with E-state index in [9.17, 15) is 5.11 Å². The van der Waals surface area contributed by atoms with Crippen LogP contribution < -0.4 is 0 Å². The smallest absolute Gasteiger partial charge is 0.0574 e. The summed E-state index contributed by atoms with van der Waals surface area (Å²) in [4.78, 5) is 0. The zero-order valence-corrected chi connectivity index (χ0v) is 6.87. The SMILES string of the molecule is O[C@H]1C[C@H]2CC[C@H]3CC[C@@H]1[C@H]32. The van der Waals surface area contributed by atoms with Gasteiger partial charge in [0, 0.05) is 0 Å². The molecule has 1 N–H and O–H groups in total. The molecule has 0 spiro atoms. The minimum atomic E-state index is 0.0790. The Morgan fingerprint density at radius 1 is 0.909 bits per heavy atom. The van der Waals surface area contributed by atoms with Crippen LogP contribution in [0.1, 0.15) is 32.1 Å². The van der Waals surface area contributed by atoms with Crippen molar-refractivity contribution in [3.05, 3.63) is 0 Å². The number of hydrogen-bond donors (Lipinski definition) is 1. The van der Waals surface area contributed by atoms with Crippen molar-refractivity contribution in [3.8, 4) is 0 Å². The van der Waals surface area contributed by atoms with Crippen molar-refractivity contribution in [2.24, 2.45) is 23.7 Å². The molecular formula is C10H16O. The van der Waals surface area contributed by atoms with Crippen molar-refractivity contribution in [2.45, 2.75) is 38.2 Å². The molecule has 1 heteroatoms. The average molecular weight is 152 g/mol. The van der Waals surface area contributed by atoms with Gasteiger partial charge in [-0.2, -0.15) is 0 Å². The molecule has 0 amide bonds. The summed E-state index contributed by atoms with van der Waals surface area (Å²) in [5, 5.41) is 9.72. The molecule has 3 aliphatic carbocycles. The van der Waals surface area contributed by atoms with E-state index in [0.717, 1.165) is 24.2 Å². The van der Waals surface area contributed by atoms with E-state index in [0.29, 0.717) is 5.92 Å². The average Bonchev–Trinajstić information content (AvgIpc) is 2.53. The molecule has 3 aliphatic rings. The topological polar surface area (TPSA) is 20.2 Å². The van der Waals surface area contributed by atoms with E-state index < -0.39 is 0 Å². The highest BCUT2D eigenvalue weighted by Crippen LogP contribution is 2.58. The molecule has 0 aliphatic heterocycles. The van der Waals surface area contributed by atoms with Crippen molar-refractivity contribution in [2.75, 3.05) is 0 Å². The summed E-state index contributed by atoms with van der Waals surface area (Å²) < 4.78 is 0. The van der Waals surface area contributed by atoms with Crippen molar-refractivity contribution >= 4 is 0 Å². The first-order chi connectivity index (χ1) is 5.36. The van der Waals surface area contributed by atoms with Gasteiger partial charge >= 0.3 is 0 Å². The van der Waals surface area contributed by atoms with Crippen LogP contribution in [0.2, 0.25) is 0 Å². The maximum atomic E-state index is 9.72. The summed E-state index contributed by atoms with van der Waals surface area (Å²) in [7, 11) is 0. The Labute approximate surface area is 67.8 Å². The first kappa shape index (κ1) is 6.47. The fourth-order valence-electron chi connectivity index (χ4n) is 4.04. The van der Waals surface area contributed by atoms with E-state index in [1.54, 1.807) is 0 Å². The van der Waals surface area contributed by atoms with Crippen LogP contribution in [0.5, 0.6) is 0 Å². The normalized spacial score (nSPS) is 60.3. The molecule has 3 saturated carbocycles. The Bertz CT molecular complexity index is 178. The molecule has 11 heavy (non-hydrogen) atoms.